The van der Waals surface area contributed by atoms with E-state index in [0.29, 0.717) is 6.42 Å². The Labute approximate surface area is 192 Å². The van der Waals surface area contributed by atoms with Gasteiger partial charge < -0.3 is 21.0 Å². The second-order valence-electron chi connectivity index (χ2n) is 8.73. The molecule has 0 saturated carbocycles. The molecule has 4 aromatic rings. The Bertz CT molecular complexity index is 1240. The molecule has 6 nitrogen and oxygen atoms in total. The van der Waals surface area contributed by atoms with Crippen molar-refractivity contribution in [3.8, 4) is 0 Å². The van der Waals surface area contributed by atoms with Crippen LogP contribution in [0.15, 0.2) is 54.9 Å². The predicted molar refractivity (Wildman–Crippen MR) is 130 cm³/mol. The van der Waals surface area contributed by atoms with E-state index in [1.165, 1.54) is 10.9 Å². The minimum atomic E-state index is -0.551. The molecule has 0 bridgehead atoms. The number of nitrogens with two attached hydrogens (primary N) is 1. The van der Waals surface area contributed by atoms with Crippen LogP contribution in [-0.4, -0.2) is 45.9 Å². The molecule has 1 aliphatic heterocycles. The zero-order chi connectivity index (χ0) is 22.1. The highest BCUT2D eigenvalue weighted by Crippen LogP contribution is 2.24. The summed E-state index contributed by atoms with van der Waals surface area (Å²) >= 11 is 6.09. The van der Waals surface area contributed by atoms with Crippen LogP contribution in [0.4, 0.5) is 0 Å². The second kappa shape index (κ2) is 8.98. The molecule has 2 aromatic heterocycles. The van der Waals surface area contributed by atoms with E-state index < -0.39 is 6.04 Å². The van der Waals surface area contributed by atoms with E-state index in [1.807, 2.05) is 36.5 Å². The summed E-state index contributed by atoms with van der Waals surface area (Å²) in [5, 5.41) is 6.26. The zero-order valence-corrected chi connectivity index (χ0v) is 18.7. The van der Waals surface area contributed by atoms with E-state index in [-0.39, 0.29) is 11.9 Å². The van der Waals surface area contributed by atoms with Gasteiger partial charge in [-0.3, -0.25) is 9.69 Å². The number of carbonyl (C=O) groups excluding carboxylic acids is 1. The number of para-hydroxylation sites is 1. The molecule has 3 heterocycles. The molecule has 0 unspecified atom stereocenters. The fourth-order valence-electron chi connectivity index (χ4n) is 4.70. The molecule has 5 rings (SSSR count). The normalized spacial score (nSPS) is 16.6. The van der Waals surface area contributed by atoms with Crippen LogP contribution >= 0.6 is 11.6 Å². The number of hydrogen-bond donors (Lipinski definition) is 4. The van der Waals surface area contributed by atoms with Gasteiger partial charge in [0.25, 0.3) is 0 Å². The van der Waals surface area contributed by atoms with Crippen LogP contribution in [0, 0.1) is 0 Å². The highest BCUT2D eigenvalue weighted by atomic mass is 35.5. The van der Waals surface area contributed by atoms with E-state index in [4.69, 9.17) is 17.3 Å². The number of piperidine rings is 1. The largest absolute Gasteiger partial charge is 0.361 e. The molecule has 1 atom stereocenters. The third kappa shape index (κ3) is 4.39. The number of likely N-dealkylation sites (tertiary alicyclic amines) is 1. The fraction of sp³-hybridized carbons (Fsp3) is 0.320. The molecule has 7 heteroatoms. The van der Waals surface area contributed by atoms with Crippen LogP contribution in [0.5, 0.6) is 0 Å². The lowest BCUT2D eigenvalue weighted by Crippen LogP contribution is -2.50. The van der Waals surface area contributed by atoms with Crippen molar-refractivity contribution in [3.05, 3.63) is 71.0 Å². The molecule has 0 aliphatic carbocycles. The second-order valence-corrected chi connectivity index (χ2v) is 9.17. The molecular weight excluding hydrogens is 422 g/mol. The molecule has 1 aliphatic rings. The van der Waals surface area contributed by atoms with Gasteiger partial charge in [0.05, 0.1) is 6.04 Å². The average Bonchev–Trinajstić information content (AvgIpc) is 3.39. The third-order valence-corrected chi connectivity index (χ3v) is 6.74. The van der Waals surface area contributed by atoms with Crippen molar-refractivity contribution in [1.82, 2.24) is 20.2 Å². The molecule has 1 amide bonds. The maximum atomic E-state index is 12.7. The highest BCUT2D eigenvalue weighted by Gasteiger charge is 2.24. The average molecular weight is 450 g/mol. The maximum absolute atomic E-state index is 12.7. The quantitative estimate of drug-likeness (QED) is 0.359. The van der Waals surface area contributed by atoms with E-state index in [1.54, 1.807) is 0 Å². The zero-order valence-electron chi connectivity index (χ0n) is 17.9. The monoisotopic (exact) mass is 449 g/mol. The van der Waals surface area contributed by atoms with Gasteiger partial charge in [-0.25, -0.2) is 0 Å². The van der Waals surface area contributed by atoms with Gasteiger partial charge in [0.1, 0.15) is 0 Å². The van der Waals surface area contributed by atoms with Gasteiger partial charge in [0, 0.05) is 64.9 Å². The summed E-state index contributed by atoms with van der Waals surface area (Å²) in [6.45, 7) is 2.79. The van der Waals surface area contributed by atoms with Crippen LogP contribution in [0.3, 0.4) is 0 Å². The first-order valence-corrected chi connectivity index (χ1v) is 11.5. The van der Waals surface area contributed by atoms with Crippen LogP contribution in [0.1, 0.15) is 24.0 Å². The van der Waals surface area contributed by atoms with Gasteiger partial charge in [-0.15, -0.1) is 0 Å². The smallest absolute Gasteiger partial charge is 0.237 e. The summed E-state index contributed by atoms with van der Waals surface area (Å²) in [5.41, 5.74) is 10.7. The van der Waals surface area contributed by atoms with Crippen molar-refractivity contribution < 1.29 is 4.79 Å². The fourth-order valence-corrected chi connectivity index (χ4v) is 4.88. The first-order valence-electron chi connectivity index (χ1n) is 11.2. The number of benzene rings is 2. The summed E-state index contributed by atoms with van der Waals surface area (Å²) in [6.07, 6.45) is 6.41. The van der Waals surface area contributed by atoms with E-state index in [0.717, 1.165) is 59.5 Å². The molecule has 1 fully saturated rings. The van der Waals surface area contributed by atoms with Crippen LogP contribution in [-0.2, 0) is 17.8 Å². The lowest BCUT2D eigenvalue weighted by Gasteiger charge is -2.32. The first-order chi connectivity index (χ1) is 15.6. The Hall–Kier alpha value is -2.80. The molecule has 2 aromatic carbocycles. The molecule has 0 radical (unpaired) electrons. The van der Waals surface area contributed by atoms with Gasteiger partial charge >= 0.3 is 0 Å². The molecular formula is C25H28ClN5O. The Morgan fingerprint density at radius 2 is 1.78 bits per heavy atom. The number of H-pyrrole nitrogens is 2. The Balaban J connectivity index is 1.13. The van der Waals surface area contributed by atoms with Crippen LogP contribution < -0.4 is 11.1 Å². The summed E-state index contributed by atoms with van der Waals surface area (Å²) in [4.78, 5) is 21.7. The standard InChI is InChI=1S/C25H28ClN5O/c26-18-5-6-21-17(14-29-24(21)12-18)15-31-9-7-19(8-10-31)30-25(32)22(27)11-16-13-28-23-4-2-1-3-20(16)23/h1-6,12-14,19,22,28-29H,7-11,15,27H2,(H,30,32)/t22-/m0/s1. The Morgan fingerprint density at radius 3 is 2.62 bits per heavy atom. The minimum absolute atomic E-state index is 0.0674. The number of amides is 1. The highest BCUT2D eigenvalue weighted by molar-refractivity contribution is 6.31. The third-order valence-electron chi connectivity index (χ3n) is 6.51. The van der Waals surface area contributed by atoms with Crippen LogP contribution in [0.2, 0.25) is 5.02 Å². The van der Waals surface area contributed by atoms with Crippen molar-refractivity contribution in [2.75, 3.05) is 13.1 Å². The molecule has 1 saturated heterocycles. The van der Waals surface area contributed by atoms with Crippen molar-refractivity contribution in [2.24, 2.45) is 5.73 Å². The number of halogens is 1. The van der Waals surface area contributed by atoms with Gasteiger partial charge in [-0.2, -0.15) is 0 Å². The van der Waals surface area contributed by atoms with Gasteiger partial charge in [-0.05, 0) is 48.6 Å². The van der Waals surface area contributed by atoms with E-state index >= 15 is 0 Å². The number of carbonyl (C=O) groups is 1. The summed E-state index contributed by atoms with van der Waals surface area (Å²) in [6, 6.07) is 13.7. The molecule has 0 spiro atoms. The van der Waals surface area contributed by atoms with E-state index in [9.17, 15) is 4.79 Å². The van der Waals surface area contributed by atoms with Crippen molar-refractivity contribution in [2.45, 2.75) is 37.9 Å². The molecule has 166 valence electrons. The summed E-state index contributed by atoms with van der Waals surface area (Å²) in [7, 11) is 0. The number of nitrogens with one attached hydrogen (secondary N) is 3. The van der Waals surface area contributed by atoms with Crippen LogP contribution in [0.25, 0.3) is 21.8 Å². The lowest BCUT2D eigenvalue weighted by atomic mass is 10.0. The summed E-state index contributed by atoms with van der Waals surface area (Å²) in [5.74, 6) is -0.0674. The number of fused-ring (bicyclic) bond motifs is 2. The van der Waals surface area contributed by atoms with Gasteiger partial charge in [0.15, 0.2) is 0 Å². The number of rotatable bonds is 6. The number of hydrogen-bond acceptors (Lipinski definition) is 3. The Morgan fingerprint density at radius 1 is 1.06 bits per heavy atom. The predicted octanol–water partition coefficient (Wildman–Crippen LogP) is 3.95. The molecule has 32 heavy (non-hydrogen) atoms. The first kappa shape index (κ1) is 21.1. The SMILES string of the molecule is N[C@@H](Cc1c[nH]c2ccccc12)C(=O)NC1CCN(Cc2c[nH]c3cc(Cl)ccc23)CC1. The topological polar surface area (TPSA) is 89.9 Å². The number of aromatic nitrogens is 2. The van der Waals surface area contributed by atoms with E-state index in [2.05, 4.69) is 38.5 Å². The minimum Gasteiger partial charge on any atom is -0.361 e. The number of nitrogens with zero attached hydrogens (tertiary/aromatic N) is 1. The molecule has 5 N–H and O–H groups in total. The summed E-state index contributed by atoms with van der Waals surface area (Å²) < 4.78 is 0. The number of aromatic amines is 2. The lowest BCUT2D eigenvalue weighted by molar-refractivity contribution is -0.123. The van der Waals surface area contributed by atoms with Crippen molar-refractivity contribution in [3.63, 3.8) is 0 Å². The van der Waals surface area contributed by atoms with Gasteiger partial charge in [0.2, 0.25) is 5.91 Å². The Kier molecular flexibility index (Phi) is 5.91. The van der Waals surface area contributed by atoms with Gasteiger partial charge in [-0.1, -0.05) is 35.9 Å². The van der Waals surface area contributed by atoms with Crippen molar-refractivity contribution in [1.29, 1.82) is 0 Å². The maximum Gasteiger partial charge on any atom is 0.237 e. The van der Waals surface area contributed by atoms with Crippen molar-refractivity contribution >= 4 is 39.3 Å².